The van der Waals surface area contributed by atoms with Gasteiger partial charge < -0.3 is 10.0 Å². The van der Waals surface area contributed by atoms with Crippen molar-refractivity contribution >= 4 is 11.9 Å². The average Bonchev–Trinajstić information content (AvgIpc) is 3.10. The van der Waals surface area contributed by atoms with Crippen molar-refractivity contribution < 1.29 is 19.1 Å². The zero-order valence-corrected chi connectivity index (χ0v) is 14.6. The third-order valence-electron chi connectivity index (χ3n) is 5.16. The molecule has 1 aliphatic heterocycles. The quantitative estimate of drug-likeness (QED) is 0.891. The number of likely N-dealkylation sites (tertiary alicyclic amines) is 1. The highest BCUT2D eigenvalue weighted by molar-refractivity contribution is 5.85. The number of aliphatic carboxylic acids is 1. The molecule has 1 amide bonds. The second-order valence-corrected chi connectivity index (χ2v) is 6.72. The summed E-state index contributed by atoms with van der Waals surface area (Å²) in [6, 6.07) is 15.4. The van der Waals surface area contributed by atoms with E-state index >= 15 is 0 Å². The summed E-state index contributed by atoms with van der Waals surface area (Å²) < 4.78 is 13.2. The Morgan fingerprint density at radius 1 is 1.12 bits per heavy atom. The molecule has 1 saturated heterocycles. The molecule has 1 heterocycles. The topological polar surface area (TPSA) is 57.6 Å². The molecule has 3 unspecified atom stereocenters. The summed E-state index contributed by atoms with van der Waals surface area (Å²) in [6.45, 7) is 2.49. The van der Waals surface area contributed by atoms with Crippen molar-refractivity contribution in [3.8, 4) is 0 Å². The zero-order valence-electron chi connectivity index (χ0n) is 14.6. The maximum Gasteiger partial charge on any atom is 0.308 e. The molecule has 1 aliphatic rings. The molecule has 2 aromatic rings. The lowest BCUT2D eigenvalue weighted by molar-refractivity contribution is -0.142. The first-order chi connectivity index (χ1) is 12.5. The molecule has 26 heavy (non-hydrogen) atoms. The van der Waals surface area contributed by atoms with Crippen LogP contribution in [0.15, 0.2) is 54.6 Å². The lowest BCUT2D eigenvalue weighted by Crippen LogP contribution is -2.34. The molecule has 3 atom stereocenters. The van der Waals surface area contributed by atoms with E-state index in [1.54, 1.807) is 17.0 Å². The van der Waals surface area contributed by atoms with E-state index in [4.69, 9.17) is 0 Å². The molecule has 3 rings (SSSR count). The van der Waals surface area contributed by atoms with Gasteiger partial charge in [0.25, 0.3) is 0 Å². The van der Waals surface area contributed by atoms with E-state index in [2.05, 4.69) is 0 Å². The molecule has 0 spiro atoms. The number of amides is 1. The fourth-order valence-corrected chi connectivity index (χ4v) is 3.74. The number of carboxylic acids is 1. The van der Waals surface area contributed by atoms with E-state index in [0.717, 1.165) is 11.1 Å². The number of hydrogen-bond donors (Lipinski definition) is 1. The Morgan fingerprint density at radius 2 is 1.77 bits per heavy atom. The summed E-state index contributed by atoms with van der Waals surface area (Å²) in [4.78, 5) is 26.4. The van der Waals surface area contributed by atoms with Crippen LogP contribution in [0, 0.1) is 11.7 Å². The van der Waals surface area contributed by atoms with Crippen LogP contribution in [0.25, 0.3) is 0 Å². The van der Waals surface area contributed by atoms with Crippen LogP contribution in [0.4, 0.5) is 4.39 Å². The first-order valence-corrected chi connectivity index (χ1v) is 8.83. The van der Waals surface area contributed by atoms with Crippen LogP contribution in [0.3, 0.4) is 0 Å². The molecule has 0 aromatic heterocycles. The van der Waals surface area contributed by atoms with Crippen LogP contribution in [0.5, 0.6) is 0 Å². The van der Waals surface area contributed by atoms with Crippen molar-refractivity contribution in [2.45, 2.75) is 25.2 Å². The molecule has 5 heteroatoms. The molecule has 4 nitrogen and oxygen atoms in total. The van der Waals surface area contributed by atoms with Crippen molar-refractivity contribution in [3.63, 3.8) is 0 Å². The van der Waals surface area contributed by atoms with Crippen molar-refractivity contribution in [2.24, 2.45) is 5.92 Å². The SMILES string of the molecule is CCC(C(=O)N1CC(C(=O)O)C(c2ccccc2)C1)c1ccc(F)cc1. The molecule has 0 radical (unpaired) electrons. The van der Waals surface area contributed by atoms with E-state index < -0.39 is 11.9 Å². The largest absolute Gasteiger partial charge is 0.481 e. The standard InChI is InChI=1S/C21H22FNO3/c1-2-17(15-8-10-16(22)11-9-15)20(24)23-12-18(19(13-23)21(25)26)14-6-4-3-5-7-14/h3-11,17-19H,2,12-13H2,1H3,(H,25,26). The van der Waals surface area contributed by atoms with Gasteiger partial charge in [0.2, 0.25) is 5.91 Å². The number of carboxylic acid groups (broad SMARTS) is 1. The Labute approximate surface area is 152 Å². The maximum atomic E-state index is 13.2. The van der Waals surface area contributed by atoms with Crippen molar-refractivity contribution in [1.29, 1.82) is 0 Å². The predicted molar refractivity (Wildman–Crippen MR) is 96.3 cm³/mol. The van der Waals surface area contributed by atoms with Gasteiger partial charge in [0, 0.05) is 19.0 Å². The van der Waals surface area contributed by atoms with Gasteiger partial charge in [0.1, 0.15) is 5.82 Å². The zero-order chi connectivity index (χ0) is 18.7. The van der Waals surface area contributed by atoms with Gasteiger partial charge in [-0.25, -0.2) is 4.39 Å². The number of halogens is 1. The van der Waals surface area contributed by atoms with Gasteiger partial charge in [-0.3, -0.25) is 9.59 Å². The van der Waals surface area contributed by atoms with Crippen LogP contribution in [-0.4, -0.2) is 35.0 Å². The molecule has 1 N–H and O–H groups in total. The van der Waals surface area contributed by atoms with Crippen LogP contribution in [-0.2, 0) is 9.59 Å². The molecule has 0 bridgehead atoms. The summed E-state index contributed by atoms with van der Waals surface area (Å²) in [5.41, 5.74) is 1.69. The molecule has 0 saturated carbocycles. The van der Waals surface area contributed by atoms with Crippen LogP contribution < -0.4 is 0 Å². The highest BCUT2D eigenvalue weighted by Gasteiger charge is 2.41. The third-order valence-corrected chi connectivity index (χ3v) is 5.16. The third kappa shape index (κ3) is 3.62. The minimum absolute atomic E-state index is 0.0937. The van der Waals surface area contributed by atoms with Gasteiger partial charge in [0.05, 0.1) is 11.8 Å². The molecular weight excluding hydrogens is 333 g/mol. The normalized spacial score (nSPS) is 20.8. The van der Waals surface area contributed by atoms with Gasteiger partial charge in [-0.15, -0.1) is 0 Å². The monoisotopic (exact) mass is 355 g/mol. The van der Waals surface area contributed by atoms with Crippen LogP contribution >= 0.6 is 0 Å². The molecule has 0 aliphatic carbocycles. The Morgan fingerprint density at radius 3 is 2.35 bits per heavy atom. The summed E-state index contributed by atoms with van der Waals surface area (Å²) in [7, 11) is 0. The highest BCUT2D eigenvalue weighted by Crippen LogP contribution is 2.35. The summed E-state index contributed by atoms with van der Waals surface area (Å²) in [5.74, 6) is -2.55. The van der Waals surface area contributed by atoms with Crippen LogP contribution in [0.2, 0.25) is 0 Å². The minimum atomic E-state index is -0.885. The lowest BCUT2D eigenvalue weighted by atomic mass is 9.89. The minimum Gasteiger partial charge on any atom is -0.481 e. The highest BCUT2D eigenvalue weighted by atomic mass is 19.1. The fraction of sp³-hybridized carbons (Fsp3) is 0.333. The van der Waals surface area contributed by atoms with E-state index in [-0.39, 0.29) is 30.1 Å². The van der Waals surface area contributed by atoms with Gasteiger partial charge >= 0.3 is 5.97 Å². The molecular formula is C21H22FNO3. The number of nitrogens with zero attached hydrogens (tertiary/aromatic N) is 1. The van der Waals surface area contributed by atoms with Gasteiger partial charge in [0.15, 0.2) is 0 Å². The van der Waals surface area contributed by atoms with Crippen LogP contribution in [0.1, 0.15) is 36.3 Å². The van der Waals surface area contributed by atoms with Gasteiger partial charge in [-0.1, -0.05) is 49.4 Å². The lowest BCUT2D eigenvalue weighted by Gasteiger charge is -2.23. The first-order valence-electron chi connectivity index (χ1n) is 8.83. The second kappa shape index (κ2) is 7.68. The number of rotatable bonds is 5. The Kier molecular flexibility index (Phi) is 5.35. The van der Waals surface area contributed by atoms with E-state index in [1.165, 1.54) is 12.1 Å². The van der Waals surface area contributed by atoms with E-state index in [9.17, 15) is 19.1 Å². The van der Waals surface area contributed by atoms with Gasteiger partial charge in [-0.05, 0) is 29.7 Å². The van der Waals surface area contributed by atoms with E-state index in [1.807, 2.05) is 37.3 Å². The Balaban J connectivity index is 1.83. The van der Waals surface area contributed by atoms with Crippen molar-refractivity contribution in [1.82, 2.24) is 4.90 Å². The first kappa shape index (κ1) is 18.1. The maximum absolute atomic E-state index is 13.2. The number of carbonyl (C=O) groups excluding carboxylic acids is 1. The predicted octanol–water partition coefficient (Wildman–Crippen LogP) is 3.65. The average molecular weight is 355 g/mol. The number of benzene rings is 2. The number of hydrogen-bond acceptors (Lipinski definition) is 2. The number of carbonyl (C=O) groups is 2. The summed E-state index contributed by atoms with van der Waals surface area (Å²) >= 11 is 0. The fourth-order valence-electron chi connectivity index (χ4n) is 3.74. The second-order valence-electron chi connectivity index (χ2n) is 6.72. The summed E-state index contributed by atoms with van der Waals surface area (Å²) in [6.07, 6.45) is 0.578. The van der Waals surface area contributed by atoms with Gasteiger partial charge in [-0.2, -0.15) is 0 Å². The smallest absolute Gasteiger partial charge is 0.308 e. The molecule has 1 fully saturated rings. The van der Waals surface area contributed by atoms with E-state index in [0.29, 0.717) is 13.0 Å². The summed E-state index contributed by atoms with van der Waals surface area (Å²) in [5, 5.41) is 9.61. The molecule has 2 aromatic carbocycles. The molecule has 136 valence electrons. The van der Waals surface area contributed by atoms with Crippen molar-refractivity contribution in [2.75, 3.05) is 13.1 Å². The Hall–Kier alpha value is -2.69. The Bertz CT molecular complexity index is 776. The van der Waals surface area contributed by atoms with Crippen molar-refractivity contribution in [3.05, 3.63) is 71.5 Å².